The highest BCUT2D eigenvalue weighted by atomic mass is 15.0. The van der Waals surface area contributed by atoms with E-state index in [0.717, 1.165) is 12.2 Å². The van der Waals surface area contributed by atoms with Crippen LogP contribution >= 0.6 is 0 Å². The van der Waals surface area contributed by atoms with Crippen molar-refractivity contribution in [3.8, 4) is 0 Å². The van der Waals surface area contributed by atoms with E-state index in [-0.39, 0.29) is 0 Å². The first-order valence-electron chi connectivity index (χ1n) is 4.60. The normalized spacial score (nSPS) is 22.1. The van der Waals surface area contributed by atoms with E-state index in [0.29, 0.717) is 12.0 Å². The van der Waals surface area contributed by atoms with Crippen molar-refractivity contribution in [2.75, 3.05) is 12.3 Å². The summed E-state index contributed by atoms with van der Waals surface area (Å²) in [6.45, 7) is 3.07. The molecule has 1 aromatic heterocycles. The molecule has 1 aliphatic heterocycles. The minimum Gasteiger partial charge on any atom is -0.368 e. The van der Waals surface area contributed by atoms with E-state index in [2.05, 4.69) is 15.3 Å². The number of nitrogen functional groups attached to an aromatic ring is 1. The van der Waals surface area contributed by atoms with E-state index in [1.54, 1.807) is 0 Å². The number of nitrogens with two attached hydrogens (primary N) is 1. The lowest BCUT2D eigenvalue weighted by molar-refractivity contribution is 0.636. The summed E-state index contributed by atoms with van der Waals surface area (Å²) in [6.07, 6.45) is 4.24. The molecule has 0 aromatic carbocycles. The average molecular weight is 178 g/mol. The van der Waals surface area contributed by atoms with Crippen molar-refractivity contribution in [1.82, 2.24) is 15.3 Å². The Labute approximate surface area is 77.6 Å². The Kier molecular flexibility index (Phi) is 2.14. The van der Waals surface area contributed by atoms with E-state index >= 15 is 0 Å². The predicted octanol–water partition coefficient (Wildman–Crippen LogP) is 0.792. The number of rotatable bonds is 1. The van der Waals surface area contributed by atoms with Crippen LogP contribution in [0.1, 0.15) is 30.1 Å². The van der Waals surface area contributed by atoms with Crippen LogP contribution in [0.15, 0.2) is 6.20 Å². The van der Waals surface area contributed by atoms with Gasteiger partial charge in [0, 0.05) is 23.5 Å². The highest BCUT2D eigenvalue weighted by molar-refractivity contribution is 5.27. The van der Waals surface area contributed by atoms with Crippen molar-refractivity contribution >= 4 is 5.95 Å². The third kappa shape index (κ3) is 1.62. The number of aryl methyl sites for hydroxylation is 1. The van der Waals surface area contributed by atoms with Gasteiger partial charge >= 0.3 is 0 Å². The van der Waals surface area contributed by atoms with Gasteiger partial charge in [-0.1, -0.05) is 0 Å². The topological polar surface area (TPSA) is 63.8 Å². The van der Waals surface area contributed by atoms with Crippen LogP contribution in [0.25, 0.3) is 0 Å². The lowest BCUT2D eigenvalue weighted by Crippen LogP contribution is -2.15. The number of aromatic nitrogens is 2. The molecule has 1 fully saturated rings. The summed E-state index contributed by atoms with van der Waals surface area (Å²) in [5.41, 5.74) is 7.66. The van der Waals surface area contributed by atoms with Gasteiger partial charge in [0.05, 0.1) is 0 Å². The third-order valence-electron chi connectivity index (χ3n) is 2.47. The van der Waals surface area contributed by atoms with E-state index in [9.17, 15) is 0 Å². The molecule has 3 N–H and O–H groups in total. The lowest BCUT2D eigenvalue weighted by atomic mass is 10.1. The van der Waals surface area contributed by atoms with Gasteiger partial charge in [-0.25, -0.2) is 9.97 Å². The van der Waals surface area contributed by atoms with Gasteiger partial charge in [-0.3, -0.25) is 0 Å². The number of nitrogens with zero attached hydrogens (tertiary/aromatic N) is 2. The molecule has 1 unspecified atom stereocenters. The molecule has 4 nitrogen and oxygen atoms in total. The van der Waals surface area contributed by atoms with Crippen LogP contribution in [0.4, 0.5) is 5.95 Å². The second-order valence-electron chi connectivity index (χ2n) is 3.42. The molecule has 1 aromatic rings. The Hall–Kier alpha value is -1.16. The summed E-state index contributed by atoms with van der Waals surface area (Å²) in [4.78, 5) is 8.16. The molecule has 13 heavy (non-hydrogen) atoms. The number of hydrogen-bond acceptors (Lipinski definition) is 4. The van der Waals surface area contributed by atoms with Crippen LogP contribution in [-0.4, -0.2) is 16.5 Å². The van der Waals surface area contributed by atoms with Crippen molar-refractivity contribution in [3.05, 3.63) is 17.5 Å². The lowest BCUT2D eigenvalue weighted by Gasteiger charge is -2.12. The Morgan fingerprint density at radius 1 is 1.62 bits per heavy atom. The summed E-state index contributed by atoms with van der Waals surface area (Å²) >= 11 is 0. The van der Waals surface area contributed by atoms with Crippen LogP contribution in [0.2, 0.25) is 0 Å². The molecule has 1 aliphatic rings. The maximum Gasteiger partial charge on any atom is 0.220 e. The van der Waals surface area contributed by atoms with Crippen LogP contribution in [0, 0.1) is 6.92 Å². The van der Waals surface area contributed by atoms with E-state index in [4.69, 9.17) is 5.73 Å². The number of nitrogens with one attached hydrogen (secondary N) is 1. The van der Waals surface area contributed by atoms with Crippen molar-refractivity contribution in [2.45, 2.75) is 25.8 Å². The van der Waals surface area contributed by atoms with E-state index in [1.165, 1.54) is 18.4 Å². The molecule has 2 heterocycles. The van der Waals surface area contributed by atoms with Gasteiger partial charge in [0.15, 0.2) is 0 Å². The van der Waals surface area contributed by atoms with Gasteiger partial charge in [0.2, 0.25) is 5.95 Å². The van der Waals surface area contributed by atoms with Crippen LogP contribution in [0.5, 0.6) is 0 Å². The fraction of sp³-hybridized carbons (Fsp3) is 0.556. The fourth-order valence-corrected chi connectivity index (χ4v) is 1.79. The molecule has 1 saturated heterocycles. The SMILES string of the molecule is Cc1nc(N)ncc1C1CCCN1. The molecule has 0 spiro atoms. The standard InChI is InChI=1S/C9H14N4/c1-6-7(5-12-9(10)13-6)8-3-2-4-11-8/h5,8,11H,2-4H2,1H3,(H2,10,12,13). The second kappa shape index (κ2) is 3.30. The zero-order valence-corrected chi connectivity index (χ0v) is 7.75. The van der Waals surface area contributed by atoms with Gasteiger partial charge in [0.1, 0.15) is 0 Å². The first-order chi connectivity index (χ1) is 6.27. The average Bonchev–Trinajstić information content (AvgIpc) is 2.56. The number of hydrogen-bond donors (Lipinski definition) is 2. The predicted molar refractivity (Wildman–Crippen MR) is 51.2 cm³/mol. The first kappa shape index (κ1) is 8.44. The minimum absolute atomic E-state index is 0.360. The molecule has 0 radical (unpaired) electrons. The van der Waals surface area contributed by atoms with Crippen LogP contribution < -0.4 is 11.1 Å². The van der Waals surface area contributed by atoms with Gasteiger partial charge in [-0.05, 0) is 26.3 Å². The maximum atomic E-state index is 5.48. The Balaban J connectivity index is 2.29. The van der Waals surface area contributed by atoms with Gasteiger partial charge < -0.3 is 11.1 Å². The molecule has 70 valence electrons. The molecular weight excluding hydrogens is 164 g/mol. The third-order valence-corrected chi connectivity index (χ3v) is 2.47. The van der Waals surface area contributed by atoms with Crippen LogP contribution in [-0.2, 0) is 0 Å². The summed E-state index contributed by atoms with van der Waals surface area (Å²) in [5.74, 6) is 0.360. The zero-order valence-electron chi connectivity index (χ0n) is 7.75. The molecule has 2 rings (SSSR count). The van der Waals surface area contributed by atoms with E-state index in [1.807, 2.05) is 13.1 Å². The van der Waals surface area contributed by atoms with Gasteiger partial charge in [-0.15, -0.1) is 0 Å². The molecule has 0 amide bonds. The number of anilines is 1. The molecule has 0 saturated carbocycles. The fourth-order valence-electron chi connectivity index (χ4n) is 1.79. The Bertz CT molecular complexity index is 304. The first-order valence-corrected chi connectivity index (χ1v) is 4.60. The second-order valence-corrected chi connectivity index (χ2v) is 3.42. The smallest absolute Gasteiger partial charge is 0.220 e. The Morgan fingerprint density at radius 2 is 2.46 bits per heavy atom. The molecule has 1 atom stereocenters. The van der Waals surface area contributed by atoms with Crippen molar-refractivity contribution < 1.29 is 0 Å². The van der Waals surface area contributed by atoms with Gasteiger partial charge in [0.25, 0.3) is 0 Å². The monoisotopic (exact) mass is 178 g/mol. The summed E-state index contributed by atoms with van der Waals surface area (Å²) in [7, 11) is 0. The summed E-state index contributed by atoms with van der Waals surface area (Å²) in [5, 5.41) is 3.41. The molecular formula is C9H14N4. The Morgan fingerprint density at radius 3 is 3.08 bits per heavy atom. The maximum absolute atomic E-state index is 5.48. The highest BCUT2D eigenvalue weighted by Gasteiger charge is 2.18. The van der Waals surface area contributed by atoms with Crippen molar-refractivity contribution in [1.29, 1.82) is 0 Å². The minimum atomic E-state index is 0.360. The quantitative estimate of drug-likeness (QED) is 0.667. The molecule has 0 bridgehead atoms. The summed E-state index contributed by atoms with van der Waals surface area (Å²) in [6, 6.07) is 0.431. The molecule has 0 aliphatic carbocycles. The summed E-state index contributed by atoms with van der Waals surface area (Å²) < 4.78 is 0. The molecule has 4 heteroatoms. The largest absolute Gasteiger partial charge is 0.368 e. The van der Waals surface area contributed by atoms with Crippen molar-refractivity contribution in [2.24, 2.45) is 0 Å². The highest BCUT2D eigenvalue weighted by Crippen LogP contribution is 2.24. The van der Waals surface area contributed by atoms with Crippen molar-refractivity contribution in [3.63, 3.8) is 0 Å². The van der Waals surface area contributed by atoms with Gasteiger partial charge in [-0.2, -0.15) is 0 Å². The van der Waals surface area contributed by atoms with E-state index < -0.39 is 0 Å². The zero-order chi connectivity index (χ0) is 9.26. The van der Waals surface area contributed by atoms with Crippen LogP contribution in [0.3, 0.4) is 0 Å².